The molecule has 0 amide bonds. The van der Waals surface area contributed by atoms with Crippen LogP contribution in [0.25, 0.3) is 0 Å². The zero-order valence-electron chi connectivity index (χ0n) is 7.72. The molecule has 1 nitrogen and oxygen atoms in total. The van der Waals surface area contributed by atoms with Crippen LogP contribution >= 0.6 is 0 Å². The largest absolute Gasteiger partial charge is 2.00 e. The molecule has 0 saturated heterocycles. The molecule has 0 aromatic heterocycles. The molecule has 0 rings (SSSR count). The van der Waals surface area contributed by atoms with Gasteiger partial charge in [0.15, 0.2) is 0 Å². The molecule has 0 fully saturated rings. The van der Waals surface area contributed by atoms with Crippen LogP contribution in [0.15, 0.2) is 0 Å². The monoisotopic (exact) mass is 155 g/mol. The van der Waals surface area contributed by atoms with E-state index in [-0.39, 0.29) is 23.1 Å². The molecule has 0 aliphatic rings. The Labute approximate surface area is 81.4 Å². The standard InChI is InChI=1S/C4H10O.C4H9.Mg/c1-4(2)3-5;1-4(2)3;/h4-5H,3H2,1-2H3;4H,1H2,2-3H3;/q;-1;+2. The van der Waals surface area contributed by atoms with Crippen molar-refractivity contribution in [2.75, 3.05) is 6.61 Å². The van der Waals surface area contributed by atoms with Gasteiger partial charge in [-0.25, -0.2) is 0 Å². The topological polar surface area (TPSA) is 20.2 Å². The van der Waals surface area contributed by atoms with Crippen LogP contribution in [-0.2, 0) is 0 Å². The second kappa shape index (κ2) is 12.4. The number of rotatable bonds is 1. The Morgan fingerprint density at radius 1 is 1.20 bits per heavy atom. The average molecular weight is 156 g/mol. The van der Waals surface area contributed by atoms with E-state index in [0.717, 1.165) is 0 Å². The minimum Gasteiger partial charge on any atom is -0.396 e. The first-order valence-corrected chi connectivity index (χ1v) is 3.44. The van der Waals surface area contributed by atoms with Gasteiger partial charge in [-0.05, 0) is 5.92 Å². The van der Waals surface area contributed by atoms with E-state index in [0.29, 0.717) is 18.4 Å². The van der Waals surface area contributed by atoms with E-state index in [4.69, 9.17) is 5.11 Å². The third-order valence-electron chi connectivity index (χ3n) is 0.365. The summed E-state index contributed by atoms with van der Waals surface area (Å²) < 4.78 is 0. The summed E-state index contributed by atoms with van der Waals surface area (Å²) in [5.41, 5.74) is 0. The van der Waals surface area contributed by atoms with Gasteiger partial charge in [0.2, 0.25) is 0 Å². The van der Waals surface area contributed by atoms with Crippen molar-refractivity contribution >= 4 is 23.1 Å². The van der Waals surface area contributed by atoms with Crippen molar-refractivity contribution in [1.82, 2.24) is 0 Å². The van der Waals surface area contributed by atoms with E-state index >= 15 is 0 Å². The zero-order valence-corrected chi connectivity index (χ0v) is 9.14. The summed E-state index contributed by atoms with van der Waals surface area (Å²) in [6.45, 7) is 12.0. The quantitative estimate of drug-likeness (QED) is 0.452. The molecule has 10 heavy (non-hydrogen) atoms. The Hall–Kier alpha value is 0.726. The minimum absolute atomic E-state index is 0. The summed E-state index contributed by atoms with van der Waals surface area (Å²) in [5.74, 6) is 1.02. The Morgan fingerprint density at radius 2 is 1.30 bits per heavy atom. The molecule has 0 aliphatic carbocycles. The van der Waals surface area contributed by atoms with Crippen molar-refractivity contribution in [3.8, 4) is 0 Å². The molecule has 0 bridgehead atoms. The van der Waals surface area contributed by atoms with Crippen LogP contribution in [0.3, 0.4) is 0 Å². The summed E-state index contributed by atoms with van der Waals surface area (Å²) in [6, 6.07) is 0. The maximum atomic E-state index is 8.14. The first-order chi connectivity index (χ1) is 4.00. The molecule has 2 heteroatoms. The molecule has 0 aromatic rings. The molecule has 0 atom stereocenters. The summed E-state index contributed by atoms with van der Waals surface area (Å²) in [7, 11) is 0. The Bertz CT molecular complexity index is 41.8. The van der Waals surface area contributed by atoms with Crippen molar-refractivity contribution in [3.05, 3.63) is 6.92 Å². The Balaban J connectivity index is -0.0000000910. The maximum absolute atomic E-state index is 8.14. The first kappa shape index (κ1) is 17.0. The van der Waals surface area contributed by atoms with Gasteiger partial charge in [0.25, 0.3) is 0 Å². The van der Waals surface area contributed by atoms with E-state index in [2.05, 4.69) is 20.8 Å². The molecule has 58 valence electrons. The van der Waals surface area contributed by atoms with Gasteiger partial charge in [-0.1, -0.05) is 27.7 Å². The first-order valence-electron chi connectivity index (χ1n) is 3.44. The molecule has 0 radical (unpaired) electrons. The van der Waals surface area contributed by atoms with E-state index < -0.39 is 0 Å². The van der Waals surface area contributed by atoms with Crippen LogP contribution in [0, 0.1) is 18.8 Å². The van der Waals surface area contributed by atoms with E-state index in [1.54, 1.807) is 0 Å². The zero-order chi connectivity index (χ0) is 7.86. The molecule has 0 heterocycles. The summed E-state index contributed by atoms with van der Waals surface area (Å²) in [6.07, 6.45) is 0. The van der Waals surface area contributed by atoms with Crippen molar-refractivity contribution in [2.24, 2.45) is 11.8 Å². The second-order valence-electron chi connectivity index (χ2n) is 2.97. The fourth-order valence-corrected chi connectivity index (χ4v) is 0. The molecule has 0 saturated carbocycles. The average Bonchev–Trinajstić information content (AvgIpc) is 1.65. The fourth-order valence-electron chi connectivity index (χ4n) is 0. The summed E-state index contributed by atoms with van der Waals surface area (Å²) in [4.78, 5) is 0. The van der Waals surface area contributed by atoms with Gasteiger partial charge in [-0.2, -0.15) is 5.92 Å². The number of hydrogen-bond acceptors (Lipinski definition) is 1. The van der Waals surface area contributed by atoms with Gasteiger partial charge in [0, 0.05) is 6.61 Å². The Morgan fingerprint density at radius 3 is 1.30 bits per heavy atom. The van der Waals surface area contributed by atoms with Crippen molar-refractivity contribution < 1.29 is 5.11 Å². The minimum atomic E-state index is 0. The van der Waals surface area contributed by atoms with E-state index in [9.17, 15) is 0 Å². The van der Waals surface area contributed by atoms with Crippen molar-refractivity contribution in [2.45, 2.75) is 27.7 Å². The SMILES string of the molecule is CC(C)CO.[CH2-]C(C)C.[Mg+2]. The van der Waals surface area contributed by atoms with Gasteiger partial charge in [0.05, 0.1) is 0 Å². The van der Waals surface area contributed by atoms with Gasteiger partial charge in [-0.3, -0.25) is 0 Å². The van der Waals surface area contributed by atoms with Crippen LogP contribution < -0.4 is 0 Å². The number of aliphatic hydroxyl groups excluding tert-OH is 1. The summed E-state index contributed by atoms with van der Waals surface area (Å²) >= 11 is 0. The Kier molecular flexibility index (Phi) is 21.1. The molecule has 0 unspecified atom stereocenters. The second-order valence-corrected chi connectivity index (χ2v) is 2.97. The van der Waals surface area contributed by atoms with Gasteiger partial charge < -0.3 is 12.0 Å². The fraction of sp³-hybridized carbons (Fsp3) is 0.875. The molecule has 0 aromatic carbocycles. The molecular weight excluding hydrogens is 136 g/mol. The van der Waals surface area contributed by atoms with Crippen LogP contribution in [0.2, 0.25) is 0 Å². The molecule has 0 spiro atoms. The van der Waals surface area contributed by atoms with E-state index in [1.807, 2.05) is 13.8 Å². The molecular formula is C8H19MgO+. The number of hydrogen-bond donors (Lipinski definition) is 1. The van der Waals surface area contributed by atoms with E-state index in [1.165, 1.54) is 0 Å². The number of aliphatic hydroxyl groups is 1. The molecule has 0 aliphatic heterocycles. The van der Waals surface area contributed by atoms with Crippen LogP contribution in [-0.4, -0.2) is 34.8 Å². The van der Waals surface area contributed by atoms with Gasteiger partial charge in [0.1, 0.15) is 0 Å². The van der Waals surface area contributed by atoms with Crippen LogP contribution in [0.4, 0.5) is 0 Å². The van der Waals surface area contributed by atoms with Gasteiger partial charge in [-0.15, -0.1) is 0 Å². The molecule has 1 N–H and O–H groups in total. The van der Waals surface area contributed by atoms with Crippen LogP contribution in [0.5, 0.6) is 0 Å². The third kappa shape index (κ3) is 70.1. The third-order valence-corrected chi connectivity index (χ3v) is 0.365. The van der Waals surface area contributed by atoms with Gasteiger partial charge >= 0.3 is 23.1 Å². The van der Waals surface area contributed by atoms with Crippen LogP contribution in [0.1, 0.15) is 27.7 Å². The van der Waals surface area contributed by atoms with Crippen molar-refractivity contribution in [1.29, 1.82) is 0 Å². The predicted octanol–water partition coefficient (Wildman–Crippen LogP) is 1.73. The summed E-state index contributed by atoms with van der Waals surface area (Å²) in [5, 5.41) is 8.14. The van der Waals surface area contributed by atoms with Crippen molar-refractivity contribution in [3.63, 3.8) is 0 Å². The normalized spacial score (nSPS) is 8.40. The predicted molar refractivity (Wildman–Crippen MR) is 47.9 cm³/mol. The maximum Gasteiger partial charge on any atom is 2.00 e. The smallest absolute Gasteiger partial charge is 0.396 e.